The topological polar surface area (TPSA) is 9.23 Å². The van der Waals surface area contributed by atoms with Crippen LogP contribution in [0.1, 0.15) is 13.3 Å². The minimum atomic E-state index is 0.176. The van der Waals surface area contributed by atoms with Crippen LogP contribution in [0.4, 0.5) is 4.53 Å². The van der Waals surface area contributed by atoms with Gasteiger partial charge in [0, 0.05) is 10.9 Å². The molecule has 0 saturated carbocycles. The summed E-state index contributed by atoms with van der Waals surface area (Å²) in [5.41, 5.74) is 0. The van der Waals surface area contributed by atoms with Gasteiger partial charge >= 0.3 is 0 Å². The van der Waals surface area contributed by atoms with Crippen LogP contribution in [-0.2, 0) is 4.94 Å². The van der Waals surface area contributed by atoms with E-state index in [0.29, 0.717) is 6.42 Å². The lowest BCUT2D eigenvalue weighted by Crippen LogP contribution is -1.72. The van der Waals surface area contributed by atoms with Gasteiger partial charge in [0.1, 0.15) is 5.76 Å². The van der Waals surface area contributed by atoms with Gasteiger partial charge < -0.3 is 0 Å². The van der Waals surface area contributed by atoms with Crippen LogP contribution in [-0.4, -0.2) is 0 Å². The molecule has 0 amide bonds. The van der Waals surface area contributed by atoms with Crippen molar-refractivity contribution in [2.24, 2.45) is 0 Å². The zero-order valence-electron chi connectivity index (χ0n) is 3.70. The Morgan fingerprint density at radius 1 is 2.00 bits per heavy atom. The Balaban J connectivity index is 2.99. The Labute approximate surface area is 36.3 Å². The van der Waals surface area contributed by atoms with E-state index in [1.54, 1.807) is 6.92 Å². The Kier molecular flexibility index (Phi) is 2.46. The van der Waals surface area contributed by atoms with E-state index in [4.69, 9.17) is 0 Å². The molecule has 2 heteroatoms. The van der Waals surface area contributed by atoms with Gasteiger partial charge in [-0.25, -0.2) is 0 Å². The summed E-state index contributed by atoms with van der Waals surface area (Å²) >= 11 is 0. The highest BCUT2D eigenvalue weighted by Gasteiger charge is 1.82. The van der Waals surface area contributed by atoms with Gasteiger partial charge in [0.05, 0.1) is 0 Å². The maximum absolute atomic E-state index is 10.8. The highest BCUT2D eigenvalue weighted by molar-refractivity contribution is 4.76. The predicted octanol–water partition coefficient (Wildman–Crippen LogP) is 1.81. The van der Waals surface area contributed by atoms with E-state index in [1.165, 1.54) is 0 Å². The van der Waals surface area contributed by atoms with E-state index in [2.05, 4.69) is 11.5 Å². The molecule has 0 spiro atoms. The van der Waals surface area contributed by atoms with Crippen molar-refractivity contribution in [3.05, 3.63) is 12.3 Å². The molecule has 0 aliphatic rings. The maximum atomic E-state index is 10.8. The molecule has 0 aromatic rings. The second-order valence-corrected chi connectivity index (χ2v) is 0.969. The van der Waals surface area contributed by atoms with Gasteiger partial charge in [-0.2, -0.15) is 0 Å². The van der Waals surface area contributed by atoms with Crippen molar-refractivity contribution in [3.63, 3.8) is 0 Å². The minimum Gasteiger partial charge on any atom is -0.300 e. The van der Waals surface area contributed by atoms with Crippen LogP contribution < -0.4 is 0 Å². The Bertz CT molecular complexity index is 45.5. The second-order valence-electron chi connectivity index (χ2n) is 0.969. The van der Waals surface area contributed by atoms with Crippen LogP contribution in [0.15, 0.2) is 12.3 Å². The molecule has 0 aliphatic heterocycles. The lowest BCUT2D eigenvalue weighted by molar-refractivity contribution is -0.0852. The van der Waals surface area contributed by atoms with Gasteiger partial charge in [-0.1, -0.05) is 13.5 Å². The molecule has 0 saturated heterocycles. The molecule has 6 heavy (non-hydrogen) atoms. The quantitative estimate of drug-likeness (QED) is 0.470. The normalized spacial score (nSPS) is 7.67. The van der Waals surface area contributed by atoms with Crippen molar-refractivity contribution in [1.29, 1.82) is 0 Å². The molecule has 0 bridgehead atoms. The predicted molar refractivity (Wildman–Crippen MR) is 21.6 cm³/mol. The van der Waals surface area contributed by atoms with E-state index in [9.17, 15) is 4.53 Å². The van der Waals surface area contributed by atoms with E-state index in [-0.39, 0.29) is 5.76 Å². The summed E-state index contributed by atoms with van der Waals surface area (Å²) in [4.78, 5) is 3.20. The smallest absolute Gasteiger partial charge is 0.141 e. The van der Waals surface area contributed by atoms with Crippen LogP contribution in [0, 0.1) is 0 Å². The molecule has 0 N–H and O–H groups in total. The van der Waals surface area contributed by atoms with Gasteiger partial charge in [-0.3, -0.25) is 4.94 Å². The third-order valence-electron chi connectivity index (χ3n) is 0.503. The third-order valence-corrected chi connectivity index (χ3v) is 0.503. The molecule has 0 aromatic carbocycles. The molecule has 0 heterocycles. The summed E-state index contributed by atoms with van der Waals surface area (Å²) in [5.74, 6) is 0.176. The number of halogens is 1. The monoisotopic (exact) mass is 90.0 g/mol. The van der Waals surface area contributed by atoms with Crippen molar-refractivity contribution >= 4 is 0 Å². The fourth-order valence-electron chi connectivity index (χ4n) is 0.0546. The highest BCUT2D eigenvalue weighted by atomic mass is 19.3. The molecule has 0 radical (unpaired) electrons. The number of rotatable bonds is 2. The second kappa shape index (κ2) is 2.69. The lowest BCUT2D eigenvalue weighted by Gasteiger charge is -1.86. The van der Waals surface area contributed by atoms with Gasteiger partial charge in [-0.15, -0.1) is 0 Å². The largest absolute Gasteiger partial charge is 0.300 e. The van der Waals surface area contributed by atoms with E-state index >= 15 is 0 Å². The average molecular weight is 90.1 g/mol. The summed E-state index contributed by atoms with van der Waals surface area (Å²) in [6, 6.07) is 0. The van der Waals surface area contributed by atoms with Crippen molar-refractivity contribution in [3.8, 4) is 0 Å². The molecule has 0 aliphatic carbocycles. The Morgan fingerprint density at radius 3 is 2.50 bits per heavy atom. The first-order chi connectivity index (χ1) is 2.81. The lowest BCUT2D eigenvalue weighted by atomic mass is 10.4. The number of hydrogen-bond donors (Lipinski definition) is 0. The summed E-state index contributed by atoms with van der Waals surface area (Å²) < 4.78 is 10.8. The van der Waals surface area contributed by atoms with Crippen molar-refractivity contribution in [2.45, 2.75) is 13.3 Å². The minimum absolute atomic E-state index is 0.176. The molecule has 0 unspecified atom stereocenters. The molecule has 0 aromatic heterocycles. The first-order valence-corrected chi connectivity index (χ1v) is 1.77. The molecule has 1 nitrogen and oxygen atoms in total. The van der Waals surface area contributed by atoms with E-state index < -0.39 is 0 Å². The summed E-state index contributed by atoms with van der Waals surface area (Å²) in [6.45, 7) is 4.96. The van der Waals surface area contributed by atoms with E-state index in [1.807, 2.05) is 0 Å². The van der Waals surface area contributed by atoms with Gasteiger partial charge in [-0.05, 0) is 0 Å². The van der Waals surface area contributed by atoms with Crippen LogP contribution in [0.25, 0.3) is 0 Å². The van der Waals surface area contributed by atoms with Crippen LogP contribution in [0.3, 0.4) is 0 Å². The van der Waals surface area contributed by atoms with Crippen LogP contribution in [0.2, 0.25) is 0 Å². The zero-order valence-corrected chi connectivity index (χ0v) is 3.70. The molecule has 36 valence electrons. The molecule has 0 rings (SSSR count). The third kappa shape index (κ3) is 1.76. The Morgan fingerprint density at radius 2 is 2.50 bits per heavy atom. The van der Waals surface area contributed by atoms with Gasteiger partial charge in [0.2, 0.25) is 0 Å². The van der Waals surface area contributed by atoms with Gasteiger partial charge in [0.15, 0.2) is 0 Å². The first-order valence-electron chi connectivity index (χ1n) is 1.77. The summed E-state index contributed by atoms with van der Waals surface area (Å²) in [7, 11) is 0. The zero-order chi connectivity index (χ0) is 4.99. The number of hydrogen-bond acceptors (Lipinski definition) is 1. The average Bonchev–Trinajstić information content (AvgIpc) is 1.65. The van der Waals surface area contributed by atoms with Crippen molar-refractivity contribution in [2.75, 3.05) is 0 Å². The van der Waals surface area contributed by atoms with Gasteiger partial charge in [0.25, 0.3) is 0 Å². The van der Waals surface area contributed by atoms with Crippen molar-refractivity contribution in [1.82, 2.24) is 0 Å². The first kappa shape index (κ1) is 5.47. The molecular weight excluding hydrogens is 83.0 g/mol. The molecular formula is C4H7FO. The molecule has 0 atom stereocenters. The fourth-order valence-corrected chi connectivity index (χ4v) is 0.0546. The summed E-state index contributed by atoms with van der Waals surface area (Å²) in [5, 5.41) is 0. The summed E-state index contributed by atoms with van der Waals surface area (Å²) in [6.07, 6.45) is 0.538. The van der Waals surface area contributed by atoms with Crippen molar-refractivity contribution < 1.29 is 9.47 Å². The fraction of sp³-hybridized carbons (Fsp3) is 0.500. The standard InChI is InChI=1S/C4H7FO/c1-3-4(2)6-5/h2-3H2,1H3. The SMILES string of the molecule is C=C(CC)OF. The Hall–Kier alpha value is -0.530. The highest BCUT2D eigenvalue weighted by Crippen LogP contribution is 1.96. The maximum Gasteiger partial charge on any atom is 0.141 e. The molecule has 0 fully saturated rings. The van der Waals surface area contributed by atoms with Crippen LogP contribution >= 0.6 is 0 Å². The number of allylic oxidation sites excluding steroid dienone is 1. The van der Waals surface area contributed by atoms with Crippen LogP contribution in [0.5, 0.6) is 0 Å². The van der Waals surface area contributed by atoms with E-state index in [0.717, 1.165) is 0 Å².